The molecule has 0 saturated heterocycles. The van der Waals surface area contributed by atoms with E-state index in [-0.39, 0.29) is 12.1 Å². The van der Waals surface area contributed by atoms with Crippen LogP contribution in [0.4, 0.5) is 8.78 Å². The number of rotatable bonds is 10. The summed E-state index contributed by atoms with van der Waals surface area (Å²) >= 11 is 0. The molecule has 2 unspecified atom stereocenters. The van der Waals surface area contributed by atoms with Crippen LogP contribution in [0.25, 0.3) is 0 Å². The van der Waals surface area contributed by atoms with E-state index in [1.807, 2.05) is 13.0 Å². The van der Waals surface area contributed by atoms with Crippen LogP contribution in [0.3, 0.4) is 0 Å². The van der Waals surface area contributed by atoms with Crippen LogP contribution >= 0.6 is 0 Å². The number of carbonyl (C=O) groups is 1. The molecule has 1 aromatic rings. The van der Waals surface area contributed by atoms with Crippen molar-refractivity contribution < 1.29 is 18.7 Å². The molecule has 0 aliphatic rings. The van der Waals surface area contributed by atoms with Crippen LogP contribution in [0.1, 0.15) is 50.2 Å². The van der Waals surface area contributed by atoms with Gasteiger partial charge in [0.1, 0.15) is 0 Å². The van der Waals surface area contributed by atoms with Gasteiger partial charge in [-0.25, -0.2) is 8.78 Å². The molecule has 3 nitrogen and oxygen atoms in total. The van der Waals surface area contributed by atoms with E-state index in [1.54, 1.807) is 12.1 Å². The van der Waals surface area contributed by atoms with Gasteiger partial charge in [-0.3, -0.25) is 4.79 Å². The van der Waals surface area contributed by atoms with Crippen LogP contribution in [-0.2, 0) is 11.2 Å². The van der Waals surface area contributed by atoms with Gasteiger partial charge < -0.3 is 10.8 Å². The standard InChI is InChI=1S/C17H25F2NO2/c1-2-12(9-15(11-20)17(21)22)5-3-6-13-7-4-8-14(10-13)16(18)19/h4,7-8,10,12,15-16H,2-3,5-6,9,11,20H2,1H3,(H,21,22). The van der Waals surface area contributed by atoms with Crippen LogP contribution < -0.4 is 5.73 Å². The summed E-state index contributed by atoms with van der Waals surface area (Å²) in [5.74, 6) is -1.03. The molecule has 5 heteroatoms. The number of carboxylic acids is 1. The summed E-state index contributed by atoms with van der Waals surface area (Å²) in [6, 6.07) is 6.49. The Kier molecular flexibility index (Phi) is 8.02. The lowest BCUT2D eigenvalue weighted by molar-refractivity contribution is -0.142. The molecule has 1 aromatic carbocycles. The second-order valence-electron chi connectivity index (χ2n) is 5.72. The number of hydrogen-bond donors (Lipinski definition) is 2. The minimum Gasteiger partial charge on any atom is -0.481 e. The topological polar surface area (TPSA) is 63.3 Å². The summed E-state index contributed by atoms with van der Waals surface area (Å²) < 4.78 is 25.3. The minimum absolute atomic E-state index is 0.0543. The van der Waals surface area contributed by atoms with Crippen molar-refractivity contribution in [1.82, 2.24) is 0 Å². The highest BCUT2D eigenvalue weighted by Crippen LogP contribution is 2.23. The SMILES string of the molecule is CCC(CCCc1cccc(C(F)F)c1)CC(CN)C(=O)O. The zero-order valence-corrected chi connectivity index (χ0v) is 13.0. The van der Waals surface area contributed by atoms with Gasteiger partial charge in [0, 0.05) is 12.1 Å². The summed E-state index contributed by atoms with van der Waals surface area (Å²) in [4.78, 5) is 11.0. The first-order valence-corrected chi connectivity index (χ1v) is 7.77. The normalized spacial score (nSPS) is 14.0. The van der Waals surface area contributed by atoms with Crippen molar-refractivity contribution in [3.8, 4) is 0 Å². The van der Waals surface area contributed by atoms with Crippen molar-refractivity contribution >= 4 is 5.97 Å². The number of aliphatic carboxylic acids is 1. The molecular weight excluding hydrogens is 288 g/mol. The van der Waals surface area contributed by atoms with Gasteiger partial charge >= 0.3 is 5.97 Å². The third kappa shape index (κ3) is 6.10. The first kappa shape index (κ1) is 18.6. The molecule has 0 spiro atoms. The van der Waals surface area contributed by atoms with Gasteiger partial charge in [-0.1, -0.05) is 44.0 Å². The maximum atomic E-state index is 12.6. The van der Waals surface area contributed by atoms with Gasteiger partial charge in [0.15, 0.2) is 0 Å². The smallest absolute Gasteiger partial charge is 0.307 e. The molecular formula is C17H25F2NO2. The Balaban J connectivity index is 2.47. The van der Waals surface area contributed by atoms with E-state index >= 15 is 0 Å². The van der Waals surface area contributed by atoms with Gasteiger partial charge in [0.05, 0.1) is 5.92 Å². The monoisotopic (exact) mass is 313 g/mol. The van der Waals surface area contributed by atoms with E-state index < -0.39 is 18.3 Å². The molecule has 124 valence electrons. The summed E-state index contributed by atoms with van der Waals surface area (Å²) in [7, 11) is 0. The Morgan fingerprint density at radius 2 is 2.09 bits per heavy atom. The molecule has 0 amide bonds. The Bertz CT molecular complexity index is 466. The number of nitrogens with two attached hydrogens (primary N) is 1. The quantitative estimate of drug-likeness (QED) is 0.685. The van der Waals surface area contributed by atoms with E-state index in [0.29, 0.717) is 12.3 Å². The third-order valence-corrected chi connectivity index (χ3v) is 4.11. The maximum Gasteiger partial charge on any atom is 0.307 e. The van der Waals surface area contributed by atoms with Crippen LogP contribution in [0.5, 0.6) is 0 Å². The van der Waals surface area contributed by atoms with Gasteiger partial charge in [-0.15, -0.1) is 0 Å². The van der Waals surface area contributed by atoms with E-state index in [9.17, 15) is 13.6 Å². The van der Waals surface area contributed by atoms with Crippen molar-refractivity contribution in [3.63, 3.8) is 0 Å². The highest BCUT2D eigenvalue weighted by molar-refractivity contribution is 5.70. The van der Waals surface area contributed by atoms with Crippen molar-refractivity contribution in [2.24, 2.45) is 17.6 Å². The van der Waals surface area contributed by atoms with Gasteiger partial charge in [-0.05, 0) is 30.7 Å². The zero-order valence-electron chi connectivity index (χ0n) is 13.0. The Morgan fingerprint density at radius 1 is 1.36 bits per heavy atom. The van der Waals surface area contributed by atoms with Gasteiger partial charge in [0.25, 0.3) is 6.43 Å². The Labute approximate surface area is 130 Å². The van der Waals surface area contributed by atoms with Crippen LogP contribution in [0.15, 0.2) is 24.3 Å². The lowest BCUT2D eigenvalue weighted by Crippen LogP contribution is -2.25. The average molecular weight is 313 g/mol. The molecule has 1 rings (SSSR count). The molecule has 0 aromatic heterocycles. The number of hydrogen-bond acceptors (Lipinski definition) is 2. The highest BCUT2D eigenvalue weighted by Gasteiger charge is 2.20. The fourth-order valence-corrected chi connectivity index (χ4v) is 2.67. The number of benzene rings is 1. The lowest BCUT2D eigenvalue weighted by atomic mass is 9.88. The minimum atomic E-state index is -2.44. The molecule has 0 radical (unpaired) electrons. The summed E-state index contributed by atoms with van der Waals surface area (Å²) in [5, 5.41) is 9.05. The molecule has 0 aliphatic heterocycles. The molecule has 3 N–H and O–H groups in total. The second kappa shape index (κ2) is 9.51. The first-order valence-electron chi connectivity index (χ1n) is 7.77. The van der Waals surface area contributed by atoms with Crippen molar-refractivity contribution in [2.45, 2.75) is 45.5 Å². The average Bonchev–Trinajstić information content (AvgIpc) is 2.50. The lowest BCUT2D eigenvalue weighted by Gasteiger charge is -2.18. The molecule has 2 atom stereocenters. The van der Waals surface area contributed by atoms with Crippen molar-refractivity contribution in [2.75, 3.05) is 6.54 Å². The van der Waals surface area contributed by atoms with Crippen LogP contribution in [-0.4, -0.2) is 17.6 Å². The summed E-state index contributed by atoms with van der Waals surface area (Å²) in [6.45, 7) is 2.19. The summed E-state index contributed by atoms with van der Waals surface area (Å²) in [5.41, 5.74) is 6.45. The summed E-state index contributed by atoms with van der Waals surface area (Å²) in [6.07, 6.45) is 1.53. The number of halogens is 2. The highest BCUT2D eigenvalue weighted by atomic mass is 19.3. The molecule has 22 heavy (non-hydrogen) atoms. The van der Waals surface area contributed by atoms with Crippen molar-refractivity contribution in [3.05, 3.63) is 35.4 Å². The largest absolute Gasteiger partial charge is 0.481 e. The van der Waals surface area contributed by atoms with Crippen LogP contribution in [0, 0.1) is 11.8 Å². The van der Waals surface area contributed by atoms with Gasteiger partial charge in [0.2, 0.25) is 0 Å². The molecule has 0 saturated carbocycles. The molecule has 0 fully saturated rings. The number of alkyl halides is 2. The second-order valence-corrected chi connectivity index (χ2v) is 5.72. The fourth-order valence-electron chi connectivity index (χ4n) is 2.67. The zero-order chi connectivity index (χ0) is 16.5. The Hall–Kier alpha value is -1.49. The van der Waals surface area contributed by atoms with E-state index in [4.69, 9.17) is 10.8 Å². The number of carboxylic acid groups (broad SMARTS) is 1. The molecule has 0 bridgehead atoms. The first-order chi connectivity index (χ1) is 10.5. The Morgan fingerprint density at radius 3 is 2.64 bits per heavy atom. The predicted octanol–water partition coefficient (Wildman–Crippen LogP) is 4.02. The van der Waals surface area contributed by atoms with Crippen LogP contribution in [0.2, 0.25) is 0 Å². The van der Waals surface area contributed by atoms with E-state index in [2.05, 4.69) is 0 Å². The number of aryl methyl sites for hydroxylation is 1. The molecule has 0 aliphatic carbocycles. The van der Waals surface area contributed by atoms with Gasteiger partial charge in [-0.2, -0.15) is 0 Å². The van der Waals surface area contributed by atoms with Crippen molar-refractivity contribution in [1.29, 1.82) is 0 Å². The predicted molar refractivity (Wildman–Crippen MR) is 82.9 cm³/mol. The maximum absolute atomic E-state index is 12.6. The van der Waals surface area contributed by atoms with E-state index in [0.717, 1.165) is 31.2 Å². The fraction of sp³-hybridized carbons (Fsp3) is 0.588. The van der Waals surface area contributed by atoms with E-state index in [1.165, 1.54) is 6.07 Å². The third-order valence-electron chi connectivity index (χ3n) is 4.11. The molecule has 0 heterocycles.